The summed E-state index contributed by atoms with van der Waals surface area (Å²) >= 11 is 0. The molecule has 0 radical (unpaired) electrons. The monoisotopic (exact) mass is 186 g/mol. The second kappa shape index (κ2) is 7.73. The number of oxime groups is 1. The molecule has 0 heterocycles. The Labute approximate surface area is 79.2 Å². The summed E-state index contributed by atoms with van der Waals surface area (Å²) in [5, 5.41) is 10.7. The fourth-order valence-corrected chi connectivity index (χ4v) is 1.03. The molecule has 13 heavy (non-hydrogen) atoms. The molecule has 0 aliphatic carbocycles. The van der Waals surface area contributed by atoms with Crippen LogP contribution in [0.1, 0.15) is 25.7 Å². The second-order valence-corrected chi connectivity index (χ2v) is 3.32. The van der Waals surface area contributed by atoms with Crippen LogP contribution in [0.5, 0.6) is 0 Å². The predicted molar refractivity (Wildman–Crippen MR) is 52.3 cm³/mol. The highest BCUT2D eigenvalue weighted by molar-refractivity contribution is 6.27. The fraction of sp³-hybridized carbons (Fsp3) is 0.778. The van der Waals surface area contributed by atoms with Gasteiger partial charge in [0.15, 0.2) is 5.78 Å². The molecule has 1 N–H and O–H groups in total. The van der Waals surface area contributed by atoms with Crippen molar-refractivity contribution in [1.82, 2.24) is 4.90 Å². The third kappa shape index (κ3) is 9.01. The van der Waals surface area contributed by atoms with Crippen molar-refractivity contribution >= 4 is 12.0 Å². The summed E-state index contributed by atoms with van der Waals surface area (Å²) in [6.45, 7) is 1.06. The Kier molecular flexibility index (Phi) is 7.20. The van der Waals surface area contributed by atoms with E-state index in [9.17, 15) is 4.79 Å². The maximum absolute atomic E-state index is 10.8. The molecule has 0 rings (SSSR count). The third-order valence-corrected chi connectivity index (χ3v) is 1.73. The molecule has 0 spiro atoms. The van der Waals surface area contributed by atoms with Gasteiger partial charge in [-0.1, -0.05) is 11.6 Å². The molecule has 0 unspecified atom stereocenters. The summed E-state index contributed by atoms with van der Waals surface area (Å²) in [5.74, 6) is -0.104. The Hall–Kier alpha value is -0.900. The van der Waals surface area contributed by atoms with E-state index in [-0.39, 0.29) is 5.78 Å². The zero-order valence-corrected chi connectivity index (χ0v) is 8.36. The molecule has 4 heteroatoms. The van der Waals surface area contributed by atoms with Crippen LogP contribution in [-0.2, 0) is 4.79 Å². The highest BCUT2D eigenvalue weighted by atomic mass is 16.4. The molecular weight excluding hydrogens is 168 g/mol. The zero-order chi connectivity index (χ0) is 10.1. The van der Waals surface area contributed by atoms with Crippen LogP contribution in [0.25, 0.3) is 0 Å². The number of ketones is 1. The lowest BCUT2D eigenvalue weighted by Crippen LogP contribution is -2.12. The van der Waals surface area contributed by atoms with E-state index >= 15 is 0 Å². The molecule has 0 saturated heterocycles. The molecule has 4 nitrogen and oxygen atoms in total. The first-order chi connectivity index (χ1) is 6.16. The lowest BCUT2D eigenvalue weighted by molar-refractivity contribution is -0.112. The Morgan fingerprint density at radius 2 is 2.08 bits per heavy atom. The van der Waals surface area contributed by atoms with Crippen LogP contribution in [0.15, 0.2) is 5.16 Å². The maximum atomic E-state index is 10.8. The van der Waals surface area contributed by atoms with Gasteiger partial charge in [-0.2, -0.15) is 0 Å². The minimum Gasteiger partial charge on any atom is -0.411 e. The number of carbonyl (C=O) groups excluding carboxylic acids is 1. The molecule has 0 aliphatic rings. The Balaban J connectivity index is 3.21. The average Bonchev–Trinajstić information content (AvgIpc) is 2.03. The van der Waals surface area contributed by atoms with E-state index in [4.69, 9.17) is 5.21 Å². The van der Waals surface area contributed by atoms with Gasteiger partial charge in [0.2, 0.25) is 0 Å². The van der Waals surface area contributed by atoms with E-state index in [1.807, 2.05) is 14.1 Å². The molecule has 0 fully saturated rings. The van der Waals surface area contributed by atoms with Gasteiger partial charge in [0.25, 0.3) is 0 Å². The van der Waals surface area contributed by atoms with Gasteiger partial charge in [-0.25, -0.2) is 0 Å². The Morgan fingerprint density at radius 1 is 1.38 bits per heavy atom. The molecule has 0 bridgehead atoms. The normalized spacial score (nSPS) is 11.3. The molecule has 0 saturated carbocycles. The van der Waals surface area contributed by atoms with Crippen LogP contribution in [0.3, 0.4) is 0 Å². The summed E-state index contributed by atoms with van der Waals surface area (Å²) in [6.07, 6.45) is 4.47. The van der Waals surface area contributed by atoms with Gasteiger partial charge in [-0.15, -0.1) is 0 Å². The van der Waals surface area contributed by atoms with Gasteiger partial charge in [0.05, 0.1) is 0 Å². The number of unbranched alkanes of at least 4 members (excludes halogenated alkanes) is 2. The van der Waals surface area contributed by atoms with Crippen LogP contribution >= 0.6 is 0 Å². The number of Topliss-reactive ketones (excluding diaryl/α,β-unsaturated/α-hetero) is 1. The fourth-order valence-electron chi connectivity index (χ4n) is 1.03. The third-order valence-electron chi connectivity index (χ3n) is 1.73. The predicted octanol–water partition coefficient (Wildman–Crippen LogP) is 1.14. The van der Waals surface area contributed by atoms with Gasteiger partial charge in [0.1, 0.15) is 6.21 Å². The summed E-state index contributed by atoms with van der Waals surface area (Å²) in [6, 6.07) is 0. The molecular formula is C9H18N2O2. The maximum Gasteiger partial charge on any atom is 0.177 e. The zero-order valence-electron chi connectivity index (χ0n) is 8.36. The Morgan fingerprint density at radius 3 is 2.62 bits per heavy atom. The molecule has 76 valence electrons. The highest BCUT2D eigenvalue weighted by Crippen LogP contribution is 2.00. The van der Waals surface area contributed by atoms with Crippen LogP contribution in [-0.4, -0.2) is 42.7 Å². The standard InChI is InChI=1S/C9H18N2O2/c1-11(2)7-5-3-4-6-9(12)8-10-13/h8,13H,3-7H2,1-2H3. The lowest BCUT2D eigenvalue weighted by atomic mass is 10.1. The van der Waals surface area contributed by atoms with E-state index in [0.29, 0.717) is 6.42 Å². The van der Waals surface area contributed by atoms with E-state index in [1.54, 1.807) is 0 Å². The van der Waals surface area contributed by atoms with Gasteiger partial charge in [0, 0.05) is 6.42 Å². The molecule has 0 aromatic rings. The SMILES string of the molecule is CN(C)CCCCCC(=O)C=NO. The van der Waals surface area contributed by atoms with Crippen molar-refractivity contribution in [3.63, 3.8) is 0 Å². The lowest BCUT2D eigenvalue weighted by Gasteiger charge is -2.07. The molecule has 0 aromatic heterocycles. The smallest absolute Gasteiger partial charge is 0.177 e. The van der Waals surface area contributed by atoms with Crippen molar-refractivity contribution in [2.45, 2.75) is 25.7 Å². The van der Waals surface area contributed by atoms with E-state index < -0.39 is 0 Å². The van der Waals surface area contributed by atoms with E-state index in [0.717, 1.165) is 32.0 Å². The summed E-state index contributed by atoms with van der Waals surface area (Å²) in [5.41, 5.74) is 0. The molecule has 0 aromatic carbocycles. The quantitative estimate of drug-likeness (QED) is 0.281. The number of hydrogen-bond donors (Lipinski definition) is 1. The average molecular weight is 186 g/mol. The van der Waals surface area contributed by atoms with Crippen LogP contribution in [0.4, 0.5) is 0 Å². The second-order valence-electron chi connectivity index (χ2n) is 3.32. The number of rotatable bonds is 7. The first-order valence-corrected chi connectivity index (χ1v) is 4.52. The minimum absolute atomic E-state index is 0.104. The van der Waals surface area contributed by atoms with Crippen molar-refractivity contribution in [2.24, 2.45) is 5.16 Å². The van der Waals surface area contributed by atoms with Crippen molar-refractivity contribution < 1.29 is 10.0 Å². The van der Waals surface area contributed by atoms with Gasteiger partial charge < -0.3 is 10.1 Å². The van der Waals surface area contributed by atoms with Crippen molar-refractivity contribution in [2.75, 3.05) is 20.6 Å². The topological polar surface area (TPSA) is 52.9 Å². The minimum atomic E-state index is -0.104. The number of hydrogen-bond acceptors (Lipinski definition) is 4. The Bertz CT molecular complexity index is 167. The number of nitrogens with zero attached hydrogens (tertiary/aromatic N) is 2. The van der Waals surface area contributed by atoms with Crippen LogP contribution < -0.4 is 0 Å². The highest BCUT2D eigenvalue weighted by Gasteiger charge is 1.97. The van der Waals surface area contributed by atoms with Gasteiger partial charge >= 0.3 is 0 Å². The summed E-state index contributed by atoms with van der Waals surface area (Å²) < 4.78 is 0. The number of carbonyl (C=O) groups is 1. The van der Waals surface area contributed by atoms with E-state index in [1.165, 1.54) is 0 Å². The summed E-state index contributed by atoms with van der Waals surface area (Å²) in [4.78, 5) is 12.9. The van der Waals surface area contributed by atoms with E-state index in [2.05, 4.69) is 10.1 Å². The van der Waals surface area contributed by atoms with Gasteiger partial charge in [-0.05, 0) is 33.5 Å². The van der Waals surface area contributed by atoms with Crippen molar-refractivity contribution in [3.8, 4) is 0 Å². The summed E-state index contributed by atoms with van der Waals surface area (Å²) in [7, 11) is 4.06. The van der Waals surface area contributed by atoms with Crippen LogP contribution in [0, 0.1) is 0 Å². The van der Waals surface area contributed by atoms with Crippen molar-refractivity contribution in [1.29, 1.82) is 0 Å². The molecule has 0 aliphatic heterocycles. The van der Waals surface area contributed by atoms with Crippen LogP contribution in [0.2, 0.25) is 0 Å². The van der Waals surface area contributed by atoms with Gasteiger partial charge in [-0.3, -0.25) is 4.79 Å². The molecule has 0 amide bonds. The largest absolute Gasteiger partial charge is 0.411 e. The van der Waals surface area contributed by atoms with Crippen molar-refractivity contribution in [3.05, 3.63) is 0 Å². The molecule has 0 atom stereocenters. The first kappa shape index (κ1) is 12.1. The first-order valence-electron chi connectivity index (χ1n) is 4.52.